The van der Waals surface area contributed by atoms with Gasteiger partial charge in [-0.1, -0.05) is 11.8 Å². The van der Waals surface area contributed by atoms with Gasteiger partial charge in [0.25, 0.3) is 10.8 Å². The summed E-state index contributed by atoms with van der Waals surface area (Å²) in [6.07, 6.45) is 4.91. The van der Waals surface area contributed by atoms with Crippen LogP contribution in [0.5, 0.6) is 0 Å². The van der Waals surface area contributed by atoms with E-state index in [2.05, 4.69) is 25.1 Å². The van der Waals surface area contributed by atoms with Gasteiger partial charge in [0.05, 0.1) is 16.9 Å². The topological polar surface area (TPSA) is 111 Å². The molecule has 1 atom stereocenters. The van der Waals surface area contributed by atoms with Crippen LogP contribution in [0.2, 0.25) is 0 Å². The number of aromatic amines is 1. The van der Waals surface area contributed by atoms with Crippen molar-refractivity contribution < 1.29 is 8.83 Å². The lowest BCUT2D eigenvalue weighted by molar-refractivity contribution is 0.465. The molecule has 0 radical (unpaired) electrons. The van der Waals surface area contributed by atoms with Crippen LogP contribution in [-0.4, -0.2) is 25.1 Å². The standard InChI is InChI=1S/C19H13N5O3S2/c1-10(29-19-24-23-17(27-19)11-4-6-20-7-5-11)15-21-16(25)14-12(9-28-18(14)22-15)13-3-2-8-26-13/h2-10H,1H3,(H,21,22,25)/t10-/m1/s1. The van der Waals surface area contributed by atoms with Gasteiger partial charge in [0.15, 0.2) is 0 Å². The van der Waals surface area contributed by atoms with Crippen LogP contribution in [0.15, 0.2) is 67.2 Å². The summed E-state index contributed by atoms with van der Waals surface area (Å²) >= 11 is 2.74. The quantitative estimate of drug-likeness (QED) is 0.410. The lowest BCUT2D eigenvalue weighted by Crippen LogP contribution is -2.12. The van der Waals surface area contributed by atoms with E-state index in [4.69, 9.17) is 8.83 Å². The minimum absolute atomic E-state index is 0.188. The molecule has 5 heterocycles. The molecule has 0 unspecified atom stereocenters. The van der Waals surface area contributed by atoms with E-state index in [1.165, 1.54) is 23.1 Å². The molecule has 5 aromatic heterocycles. The number of nitrogens with zero attached hydrogens (tertiary/aromatic N) is 4. The molecule has 0 aliphatic heterocycles. The third-order valence-electron chi connectivity index (χ3n) is 4.25. The molecule has 10 heteroatoms. The molecule has 0 bridgehead atoms. The Morgan fingerprint density at radius 3 is 2.86 bits per heavy atom. The van der Waals surface area contributed by atoms with Gasteiger partial charge in [-0.05, 0) is 31.2 Å². The van der Waals surface area contributed by atoms with E-state index in [0.717, 1.165) is 11.1 Å². The van der Waals surface area contributed by atoms with E-state index in [1.807, 2.05) is 18.4 Å². The number of furan rings is 1. The average Bonchev–Trinajstić information content (AvgIpc) is 3.49. The number of thiophene rings is 1. The zero-order valence-corrected chi connectivity index (χ0v) is 16.7. The molecule has 0 saturated carbocycles. The number of rotatable bonds is 5. The minimum Gasteiger partial charge on any atom is -0.464 e. The van der Waals surface area contributed by atoms with Crippen molar-refractivity contribution in [3.63, 3.8) is 0 Å². The molecular formula is C19H13N5O3S2. The molecule has 0 aromatic carbocycles. The number of H-pyrrole nitrogens is 1. The van der Waals surface area contributed by atoms with Crippen LogP contribution in [0.25, 0.3) is 33.0 Å². The summed E-state index contributed by atoms with van der Waals surface area (Å²) in [5, 5.41) is 10.8. The maximum atomic E-state index is 12.7. The molecule has 29 heavy (non-hydrogen) atoms. The lowest BCUT2D eigenvalue weighted by atomic mass is 10.2. The molecule has 1 N–H and O–H groups in total. The van der Waals surface area contributed by atoms with Crippen LogP contribution in [-0.2, 0) is 0 Å². The van der Waals surface area contributed by atoms with Gasteiger partial charge < -0.3 is 13.8 Å². The van der Waals surface area contributed by atoms with E-state index in [-0.39, 0.29) is 10.8 Å². The summed E-state index contributed by atoms with van der Waals surface area (Å²) in [4.78, 5) is 24.9. The third-order valence-corrected chi connectivity index (χ3v) is 6.06. The number of fused-ring (bicyclic) bond motifs is 1. The number of aromatic nitrogens is 5. The molecule has 5 rings (SSSR count). The Labute approximate surface area is 172 Å². The van der Waals surface area contributed by atoms with Crippen LogP contribution in [0.4, 0.5) is 0 Å². The molecule has 0 fully saturated rings. The minimum atomic E-state index is -0.201. The maximum Gasteiger partial charge on any atom is 0.277 e. The summed E-state index contributed by atoms with van der Waals surface area (Å²) in [5.41, 5.74) is 1.34. The molecule has 0 saturated heterocycles. The lowest BCUT2D eigenvalue weighted by Gasteiger charge is -2.07. The van der Waals surface area contributed by atoms with Gasteiger partial charge in [0, 0.05) is 28.9 Å². The van der Waals surface area contributed by atoms with Crippen LogP contribution in [0, 0.1) is 0 Å². The van der Waals surface area contributed by atoms with E-state index in [0.29, 0.717) is 32.9 Å². The Morgan fingerprint density at radius 2 is 2.07 bits per heavy atom. The van der Waals surface area contributed by atoms with E-state index >= 15 is 0 Å². The van der Waals surface area contributed by atoms with Gasteiger partial charge >= 0.3 is 0 Å². The monoisotopic (exact) mass is 423 g/mol. The second-order valence-electron chi connectivity index (χ2n) is 6.13. The summed E-state index contributed by atoms with van der Waals surface area (Å²) < 4.78 is 11.1. The van der Waals surface area contributed by atoms with Crippen LogP contribution in [0.3, 0.4) is 0 Å². The molecule has 0 aliphatic rings. The number of pyridine rings is 1. The predicted octanol–water partition coefficient (Wildman–Crippen LogP) is 4.54. The summed E-state index contributed by atoms with van der Waals surface area (Å²) in [6.45, 7) is 1.92. The van der Waals surface area contributed by atoms with Crippen molar-refractivity contribution in [2.24, 2.45) is 0 Å². The summed E-state index contributed by atoms with van der Waals surface area (Å²) in [5.74, 6) is 1.61. The summed E-state index contributed by atoms with van der Waals surface area (Å²) in [6, 6.07) is 7.21. The molecule has 144 valence electrons. The molecule has 0 aliphatic carbocycles. The Balaban J connectivity index is 1.42. The zero-order chi connectivity index (χ0) is 19.8. The smallest absolute Gasteiger partial charge is 0.277 e. The molecule has 0 spiro atoms. The largest absolute Gasteiger partial charge is 0.464 e. The van der Waals surface area contributed by atoms with E-state index in [9.17, 15) is 4.79 Å². The molecule has 5 aromatic rings. The van der Waals surface area contributed by atoms with Crippen LogP contribution >= 0.6 is 23.1 Å². The first-order valence-corrected chi connectivity index (χ1v) is 10.4. The van der Waals surface area contributed by atoms with Gasteiger partial charge in [-0.3, -0.25) is 9.78 Å². The number of thioether (sulfide) groups is 1. The van der Waals surface area contributed by atoms with Crippen molar-refractivity contribution >= 4 is 33.3 Å². The first-order chi connectivity index (χ1) is 14.2. The number of hydrogen-bond donors (Lipinski definition) is 1. The molecule has 0 amide bonds. The van der Waals surface area contributed by atoms with E-state index < -0.39 is 0 Å². The first kappa shape index (κ1) is 17.8. The van der Waals surface area contributed by atoms with Gasteiger partial charge in [0.1, 0.15) is 16.4 Å². The van der Waals surface area contributed by atoms with Gasteiger partial charge in [-0.25, -0.2) is 4.98 Å². The van der Waals surface area contributed by atoms with Gasteiger partial charge in [-0.15, -0.1) is 21.5 Å². The van der Waals surface area contributed by atoms with Gasteiger partial charge in [-0.2, -0.15) is 0 Å². The highest BCUT2D eigenvalue weighted by Crippen LogP contribution is 2.35. The van der Waals surface area contributed by atoms with Crippen LogP contribution < -0.4 is 5.56 Å². The zero-order valence-electron chi connectivity index (χ0n) is 15.0. The van der Waals surface area contributed by atoms with E-state index in [1.54, 1.807) is 36.9 Å². The Hall–Kier alpha value is -3.24. The van der Waals surface area contributed by atoms with Crippen molar-refractivity contribution in [3.05, 3.63) is 64.5 Å². The van der Waals surface area contributed by atoms with Crippen molar-refractivity contribution in [2.75, 3.05) is 0 Å². The third kappa shape index (κ3) is 3.36. The predicted molar refractivity (Wildman–Crippen MR) is 110 cm³/mol. The fourth-order valence-corrected chi connectivity index (χ4v) is 4.52. The highest BCUT2D eigenvalue weighted by atomic mass is 32.2. The second-order valence-corrected chi connectivity index (χ2v) is 8.28. The average molecular weight is 423 g/mol. The van der Waals surface area contributed by atoms with Crippen molar-refractivity contribution in [2.45, 2.75) is 17.4 Å². The normalized spacial score (nSPS) is 12.4. The Bertz CT molecular complexity index is 1330. The van der Waals surface area contributed by atoms with Gasteiger partial charge in [0.2, 0.25) is 5.89 Å². The fourth-order valence-electron chi connectivity index (χ4n) is 2.85. The number of nitrogens with one attached hydrogen (secondary N) is 1. The van der Waals surface area contributed by atoms with Crippen LogP contribution in [0.1, 0.15) is 18.0 Å². The van der Waals surface area contributed by atoms with Crippen molar-refractivity contribution in [3.8, 4) is 22.8 Å². The highest BCUT2D eigenvalue weighted by Gasteiger charge is 2.19. The Kier molecular flexibility index (Phi) is 4.49. The Morgan fingerprint density at radius 1 is 1.21 bits per heavy atom. The van der Waals surface area contributed by atoms with Crippen molar-refractivity contribution in [1.82, 2.24) is 25.1 Å². The first-order valence-electron chi connectivity index (χ1n) is 8.65. The summed E-state index contributed by atoms with van der Waals surface area (Å²) in [7, 11) is 0. The second kappa shape index (κ2) is 7.30. The van der Waals surface area contributed by atoms with Crippen molar-refractivity contribution in [1.29, 1.82) is 0 Å². The SMILES string of the molecule is C[C@@H](Sc1nnc(-c2ccncc2)o1)c1nc2scc(-c3ccco3)c2c(=O)[nH]1. The highest BCUT2D eigenvalue weighted by molar-refractivity contribution is 7.99. The molecule has 8 nitrogen and oxygen atoms in total. The number of hydrogen-bond acceptors (Lipinski definition) is 9. The fraction of sp³-hybridized carbons (Fsp3) is 0.105. The maximum absolute atomic E-state index is 12.7. The molecular weight excluding hydrogens is 410 g/mol.